The summed E-state index contributed by atoms with van der Waals surface area (Å²) in [6.45, 7) is 1.05. The van der Waals surface area contributed by atoms with E-state index in [-0.39, 0.29) is 28.4 Å². The number of esters is 1. The van der Waals surface area contributed by atoms with Gasteiger partial charge in [0.2, 0.25) is 11.6 Å². The van der Waals surface area contributed by atoms with Crippen molar-refractivity contribution < 1.29 is 54.1 Å². The first kappa shape index (κ1) is 35.2. The molecule has 17 nitrogen and oxygen atoms in total. The number of phenols is 2. The first-order valence-electron chi connectivity index (χ1n) is 16.4. The van der Waals surface area contributed by atoms with Gasteiger partial charge in [0, 0.05) is 11.6 Å². The van der Waals surface area contributed by atoms with Gasteiger partial charge < -0.3 is 45.1 Å². The van der Waals surface area contributed by atoms with E-state index in [2.05, 4.69) is 38.8 Å². The molecule has 1 aromatic heterocycles. The number of ketones is 2. The first-order valence-corrected chi connectivity index (χ1v) is 16.4. The molecule has 0 spiro atoms. The number of aromatic amines is 1. The molecule has 55 heavy (non-hydrogen) atoms. The molecule has 0 radical (unpaired) electrons. The highest BCUT2D eigenvalue weighted by Crippen LogP contribution is 2.70. The van der Waals surface area contributed by atoms with Gasteiger partial charge in [-0.05, 0) is 37.3 Å². The van der Waals surface area contributed by atoms with Crippen LogP contribution in [-0.2, 0) is 19.9 Å². The Bertz CT molecular complexity index is 2700. The molecule has 2 aliphatic heterocycles. The molecule has 6 atom stereocenters. The molecular formula is C38H28N4O13. The standard InChI is InChI=1S/C38H28N4O13/c1-36(52,32(48)33(49)54-3)38-22-13-9-4-5-10-14-23(44)37(38,55-38)18-15-20(43)25-26(28(18)39-22)31(47)27-24(30(25)46)19(16-21(53-2)29(27)45)42-35(51)41(34(50)40-42)17-11-7-6-8-12-17/h4-8,11-12,15-16,22-23,32,39,43-45,48,52H,1-3H3,(H,40,50)/b5-4-/t22-,23+,32+,36+,37-,38+/m0/s1. The predicted molar refractivity (Wildman–Crippen MR) is 187 cm³/mol. The van der Waals surface area contributed by atoms with E-state index in [4.69, 9.17) is 9.47 Å². The zero-order valence-electron chi connectivity index (χ0n) is 28.8. The van der Waals surface area contributed by atoms with Crippen LogP contribution in [0.3, 0.4) is 0 Å². The summed E-state index contributed by atoms with van der Waals surface area (Å²) < 4.78 is 17.7. The van der Waals surface area contributed by atoms with E-state index in [1.165, 1.54) is 24.3 Å². The number of rotatable bonds is 6. The van der Waals surface area contributed by atoms with Crippen LogP contribution in [0.1, 0.15) is 44.3 Å². The number of aliphatic hydroxyl groups excluding tert-OH is 2. The lowest BCUT2D eigenvalue weighted by molar-refractivity contribution is -0.174. The van der Waals surface area contributed by atoms with Gasteiger partial charge in [-0.25, -0.2) is 24.0 Å². The van der Waals surface area contributed by atoms with Crippen LogP contribution in [0.4, 0.5) is 5.69 Å². The smallest absolute Gasteiger partial charge is 0.356 e. The maximum Gasteiger partial charge on any atom is 0.356 e. The van der Waals surface area contributed by atoms with Crippen LogP contribution in [0, 0.1) is 23.7 Å². The molecule has 0 unspecified atom stereocenters. The fourth-order valence-electron chi connectivity index (χ4n) is 7.89. The van der Waals surface area contributed by atoms with E-state index in [9.17, 15) is 49.5 Å². The number of anilines is 1. The lowest BCUT2D eigenvalue weighted by atomic mass is 9.64. The fourth-order valence-corrected chi connectivity index (χ4v) is 7.89. The number of para-hydroxylation sites is 1. The Morgan fingerprint density at radius 2 is 1.65 bits per heavy atom. The second-order valence-corrected chi connectivity index (χ2v) is 13.2. The Balaban J connectivity index is 1.39. The molecule has 278 valence electrons. The molecule has 0 saturated carbocycles. The van der Waals surface area contributed by atoms with E-state index < -0.39 is 97.7 Å². The van der Waals surface area contributed by atoms with E-state index >= 15 is 0 Å². The van der Waals surface area contributed by atoms with Crippen LogP contribution in [0.15, 0.2) is 64.2 Å². The molecule has 1 fully saturated rings. The number of nitrogens with zero attached hydrogens (tertiary/aromatic N) is 2. The molecule has 3 heterocycles. The monoisotopic (exact) mass is 748 g/mol. The average molecular weight is 749 g/mol. The van der Waals surface area contributed by atoms with E-state index in [1.54, 1.807) is 18.2 Å². The molecular weight excluding hydrogens is 720 g/mol. The third-order valence-electron chi connectivity index (χ3n) is 10.4. The summed E-state index contributed by atoms with van der Waals surface area (Å²) in [4.78, 5) is 69.0. The lowest BCUT2D eigenvalue weighted by Gasteiger charge is -2.43. The predicted octanol–water partition coefficient (Wildman–Crippen LogP) is -0.507. The Morgan fingerprint density at radius 3 is 2.33 bits per heavy atom. The number of aromatic nitrogens is 3. The van der Waals surface area contributed by atoms with Gasteiger partial charge in [-0.1, -0.05) is 41.9 Å². The van der Waals surface area contributed by atoms with Crippen molar-refractivity contribution >= 4 is 23.2 Å². The van der Waals surface area contributed by atoms with E-state index in [0.717, 1.165) is 37.8 Å². The van der Waals surface area contributed by atoms with Crippen molar-refractivity contribution in [3.05, 3.63) is 103 Å². The molecule has 8 rings (SSSR count). The van der Waals surface area contributed by atoms with Crippen LogP contribution in [-0.4, -0.2) is 101 Å². The third-order valence-corrected chi connectivity index (χ3v) is 10.4. The fraction of sp³-hybridized carbons (Fsp3) is 0.237. The molecule has 4 aromatic rings. The van der Waals surface area contributed by atoms with E-state index in [0.29, 0.717) is 4.68 Å². The summed E-state index contributed by atoms with van der Waals surface area (Å²) in [6.07, 6.45) is -1.55. The number of H-pyrrole nitrogens is 1. The molecule has 2 aliphatic carbocycles. The second kappa shape index (κ2) is 11.8. The van der Waals surface area contributed by atoms with Crippen LogP contribution in [0.25, 0.3) is 11.4 Å². The van der Waals surface area contributed by atoms with Gasteiger partial charge >= 0.3 is 17.3 Å². The number of carbonyl (C=O) groups excluding carboxylic acids is 3. The van der Waals surface area contributed by atoms with E-state index in [1.807, 2.05) is 0 Å². The van der Waals surface area contributed by atoms with Gasteiger partial charge in [-0.15, -0.1) is 0 Å². The van der Waals surface area contributed by atoms with Gasteiger partial charge in [-0.3, -0.25) is 9.59 Å². The molecule has 7 N–H and O–H groups in total. The summed E-state index contributed by atoms with van der Waals surface area (Å²) in [7, 11) is 2.12. The number of aromatic hydroxyl groups is 2. The first-order chi connectivity index (χ1) is 26.2. The van der Waals surface area contributed by atoms with Crippen molar-refractivity contribution in [3.8, 4) is 52.3 Å². The number of nitrogens with one attached hydrogen (secondary N) is 2. The van der Waals surface area contributed by atoms with Crippen molar-refractivity contribution in [3.63, 3.8) is 0 Å². The number of methoxy groups -OCH3 is 2. The number of epoxide rings is 1. The number of hydrogen-bond acceptors (Lipinski definition) is 14. The van der Waals surface area contributed by atoms with Gasteiger partial charge in [0.15, 0.2) is 34.9 Å². The Labute approximate surface area is 308 Å². The highest BCUT2D eigenvalue weighted by atomic mass is 16.7. The van der Waals surface area contributed by atoms with Crippen molar-refractivity contribution in [2.45, 2.75) is 42.0 Å². The third kappa shape index (κ3) is 4.37. The molecule has 17 heteroatoms. The van der Waals surface area contributed by atoms with Gasteiger partial charge in [0.25, 0.3) is 0 Å². The Kier molecular flexibility index (Phi) is 7.55. The van der Waals surface area contributed by atoms with Gasteiger partial charge in [0.05, 0.1) is 53.5 Å². The molecule has 3 aromatic carbocycles. The summed E-state index contributed by atoms with van der Waals surface area (Å²) in [6, 6.07) is 8.40. The van der Waals surface area contributed by atoms with Gasteiger partial charge in [0.1, 0.15) is 17.4 Å². The molecule has 1 saturated heterocycles. The summed E-state index contributed by atoms with van der Waals surface area (Å²) in [5, 5.41) is 63.1. The number of ether oxygens (including phenoxy) is 3. The number of fused-ring (bicyclic) bond motifs is 4. The molecule has 0 amide bonds. The largest absolute Gasteiger partial charge is 0.507 e. The van der Waals surface area contributed by atoms with Crippen LogP contribution in [0.5, 0.6) is 17.2 Å². The maximum absolute atomic E-state index is 14.8. The SMILES string of the molecule is COC(=O)[C@@H](O)[C@@](C)(O)[C@@]12O[C@]13c1cc(O)c4c(c1N[C@H]2C#C/C=C\C#C[C@H]3O)C(=O)c1c(O)c(OC)cc(-n2[nH]c(=O)n(-c3ccccc3)c2=O)c1C4=O. The number of aliphatic hydroxyl groups is 3. The minimum absolute atomic E-state index is 0.181. The Hall–Kier alpha value is -6.89. The zero-order valence-corrected chi connectivity index (χ0v) is 28.8. The highest BCUT2D eigenvalue weighted by molar-refractivity contribution is 6.33. The normalized spacial score (nSPS) is 24.7. The summed E-state index contributed by atoms with van der Waals surface area (Å²) in [5.41, 5.74) is -12.1. The Morgan fingerprint density at radius 1 is 0.982 bits per heavy atom. The van der Waals surface area contributed by atoms with Gasteiger partial charge in [-0.2, -0.15) is 4.68 Å². The maximum atomic E-state index is 14.8. The minimum atomic E-state index is -2.62. The average Bonchev–Trinajstić information content (AvgIpc) is 3.83. The number of benzene rings is 3. The topological polar surface area (TPSA) is 255 Å². The molecule has 2 bridgehead atoms. The quantitative estimate of drug-likeness (QED) is 0.0500. The lowest BCUT2D eigenvalue weighted by Crippen LogP contribution is -2.66. The van der Waals surface area contributed by atoms with Crippen molar-refractivity contribution in [2.24, 2.45) is 0 Å². The molecule has 4 aliphatic rings. The van der Waals surface area contributed by atoms with Crippen molar-refractivity contribution in [2.75, 3.05) is 19.5 Å². The minimum Gasteiger partial charge on any atom is -0.507 e. The van der Waals surface area contributed by atoms with Crippen LogP contribution >= 0.6 is 0 Å². The number of carbonyl (C=O) groups is 3. The van der Waals surface area contributed by atoms with Crippen molar-refractivity contribution in [1.29, 1.82) is 0 Å². The van der Waals surface area contributed by atoms with Crippen LogP contribution < -0.4 is 21.4 Å². The highest BCUT2D eigenvalue weighted by Gasteiger charge is 2.87. The second-order valence-electron chi connectivity index (χ2n) is 13.2. The zero-order chi connectivity index (χ0) is 39.4. The summed E-state index contributed by atoms with van der Waals surface area (Å²) in [5.74, 6) is 5.16. The number of hydrogen-bond donors (Lipinski definition) is 7. The number of allylic oxidation sites excluding steroid dienone is 2. The van der Waals surface area contributed by atoms with Crippen molar-refractivity contribution in [1.82, 2.24) is 14.3 Å². The van der Waals surface area contributed by atoms with Crippen LogP contribution in [0.2, 0.25) is 0 Å². The number of phenolic OH excluding ortho intramolecular Hbond substituents is 2. The summed E-state index contributed by atoms with van der Waals surface area (Å²) >= 11 is 0.